The van der Waals surface area contributed by atoms with Gasteiger partial charge in [0.2, 0.25) is 0 Å². The van der Waals surface area contributed by atoms with Crippen LogP contribution >= 0.6 is 11.8 Å². The molecule has 120 valence electrons. The first-order chi connectivity index (χ1) is 10.5. The van der Waals surface area contributed by atoms with Gasteiger partial charge in [0.1, 0.15) is 10.7 Å². The van der Waals surface area contributed by atoms with Gasteiger partial charge in [0.05, 0.1) is 12.3 Å². The first-order valence-corrected chi connectivity index (χ1v) is 9.24. The minimum atomic E-state index is -3.97. The molecule has 0 saturated heterocycles. The molecule has 2 rings (SSSR count). The van der Waals surface area contributed by atoms with E-state index in [-0.39, 0.29) is 6.54 Å². The molecule has 22 heavy (non-hydrogen) atoms. The van der Waals surface area contributed by atoms with Gasteiger partial charge < -0.3 is 4.74 Å². The summed E-state index contributed by atoms with van der Waals surface area (Å²) in [5, 5.41) is 0. The predicted octanol–water partition coefficient (Wildman–Crippen LogP) is 1.87. The second-order valence-corrected chi connectivity index (χ2v) is 7.22. The van der Waals surface area contributed by atoms with Crippen LogP contribution in [-0.2, 0) is 19.7 Å². The third-order valence-corrected chi connectivity index (χ3v) is 5.64. The summed E-state index contributed by atoms with van der Waals surface area (Å²) in [7, 11) is -3.97. The van der Waals surface area contributed by atoms with Crippen molar-refractivity contribution in [2.45, 2.75) is 13.8 Å². The Morgan fingerprint density at radius 3 is 2.64 bits per heavy atom. The topological polar surface area (TPSA) is 75.7 Å². The van der Waals surface area contributed by atoms with Crippen molar-refractivity contribution in [2.75, 3.05) is 23.2 Å². The summed E-state index contributed by atoms with van der Waals surface area (Å²) >= 11 is 1.29. The molecule has 0 fully saturated rings. The number of carbonyl (C=O) groups is 1. The number of carbonyl (C=O) groups excluding carboxylic acids is 1. The van der Waals surface area contributed by atoms with Crippen LogP contribution in [0.2, 0.25) is 0 Å². The standard InChI is InChI=1S/C14H18N2O4S2/c1-3-16(12-7-5-4-6-8-12)22(18,19)15-14(17)13-11(2)20-9-10-21-13/h4-8H,3,9-10H2,1-2H3,(H,15,17). The van der Waals surface area contributed by atoms with Gasteiger partial charge in [-0.05, 0) is 26.0 Å². The molecule has 0 saturated carbocycles. The summed E-state index contributed by atoms with van der Waals surface area (Å²) in [6.07, 6.45) is 0. The lowest BCUT2D eigenvalue weighted by Crippen LogP contribution is -2.44. The summed E-state index contributed by atoms with van der Waals surface area (Å²) in [5.74, 6) is 0.416. The van der Waals surface area contributed by atoms with Crippen LogP contribution in [0.15, 0.2) is 41.0 Å². The monoisotopic (exact) mass is 342 g/mol. The Morgan fingerprint density at radius 2 is 2.05 bits per heavy atom. The Hall–Kier alpha value is -1.67. The van der Waals surface area contributed by atoms with E-state index < -0.39 is 16.1 Å². The first kappa shape index (κ1) is 16.7. The maximum atomic E-state index is 12.4. The molecule has 1 aromatic rings. The second-order valence-electron chi connectivity index (χ2n) is 4.52. The van der Waals surface area contributed by atoms with Gasteiger partial charge in [-0.1, -0.05) is 18.2 Å². The van der Waals surface area contributed by atoms with Gasteiger partial charge in [-0.3, -0.25) is 9.10 Å². The molecule has 1 aliphatic heterocycles. The Morgan fingerprint density at radius 1 is 1.36 bits per heavy atom. The Labute approximate surface area is 134 Å². The predicted molar refractivity (Wildman–Crippen MR) is 87.6 cm³/mol. The van der Waals surface area contributed by atoms with E-state index in [1.165, 1.54) is 11.8 Å². The fraction of sp³-hybridized carbons (Fsp3) is 0.357. The average Bonchev–Trinajstić information content (AvgIpc) is 2.48. The fourth-order valence-electron chi connectivity index (χ4n) is 2.04. The molecule has 0 radical (unpaired) electrons. The third kappa shape index (κ3) is 3.75. The number of nitrogens with zero attached hydrogens (tertiary/aromatic N) is 1. The van der Waals surface area contributed by atoms with Crippen LogP contribution in [0, 0.1) is 0 Å². The zero-order valence-electron chi connectivity index (χ0n) is 12.4. The van der Waals surface area contributed by atoms with E-state index in [2.05, 4.69) is 4.72 Å². The van der Waals surface area contributed by atoms with Crippen LogP contribution in [0.3, 0.4) is 0 Å². The number of hydrogen-bond acceptors (Lipinski definition) is 5. The molecule has 0 unspecified atom stereocenters. The summed E-state index contributed by atoms with van der Waals surface area (Å²) in [6, 6.07) is 8.64. The van der Waals surface area contributed by atoms with E-state index >= 15 is 0 Å². The van der Waals surface area contributed by atoms with E-state index in [9.17, 15) is 13.2 Å². The van der Waals surface area contributed by atoms with E-state index in [0.29, 0.717) is 28.7 Å². The number of ether oxygens (including phenoxy) is 1. The zero-order chi connectivity index (χ0) is 16.2. The Kier molecular flexibility index (Phi) is 5.36. The van der Waals surface area contributed by atoms with E-state index in [0.717, 1.165) is 4.31 Å². The molecule has 8 heteroatoms. The van der Waals surface area contributed by atoms with Gasteiger partial charge in [0.15, 0.2) is 0 Å². The van der Waals surface area contributed by atoms with Gasteiger partial charge in [-0.2, -0.15) is 8.42 Å². The highest BCUT2D eigenvalue weighted by molar-refractivity contribution is 8.04. The largest absolute Gasteiger partial charge is 0.496 e. The molecule has 0 bridgehead atoms. The minimum Gasteiger partial charge on any atom is -0.496 e. The molecule has 0 aliphatic carbocycles. The van der Waals surface area contributed by atoms with Gasteiger partial charge >= 0.3 is 10.2 Å². The van der Waals surface area contributed by atoms with Crippen LogP contribution in [0.5, 0.6) is 0 Å². The number of nitrogens with one attached hydrogen (secondary N) is 1. The average molecular weight is 342 g/mol. The molecule has 1 amide bonds. The molecule has 1 N–H and O–H groups in total. The number of hydrogen-bond donors (Lipinski definition) is 1. The van der Waals surface area contributed by atoms with Crippen molar-refractivity contribution in [1.82, 2.24) is 4.72 Å². The Balaban J connectivity index is 2.21. The highest BCUT2D eigenvalue weighted by Crippen LogP contribution is 2.26. The molecule has 0 aromatic heterocycles. The zero-order valence-corrected chi connectivity index (χ0v) is 14.0. The van der Waals surface area contributed by atoms with Crippen LogP contribution in [0.4, 0.5) is 5.69 Å². The summed E-state index contributed by atoms with van der Waals surface area (Å²) in [6.45, 7) is 4.10. The maximum absolute atomic E-state index is 12.4. The minimum absolute atomic E-state index is 0.217. The number of benzene rings is 1. The van der Waals surface area contributed by atoms with E-state index in [1.54, 1.807) is 44.2 Å². The lowest BCUT2D eigenvalue weighted by molar-refractivity contribution is -0.115. The van der Waals surface area contributed by atoms with Crippen LogP contribution in [0.25, 0.3) is 0 Å². The highest BCUT2D eigenvalue weighted by atomic mass is 32.2. The lowest BCUT2D eigenvalue weighted by atomic mass is 10.3. The fourth-order valence-corrected chi connectivity index (χ4v) is 4.10. The molecule has 1 heterocycles. The molecular weight excluding hydrogens is 324 g/mol. The van der Waals surface area contributed by atoms with Gasteiger partial charge in [-0.25, -0.2) is 4.72 Å². The smallest absolute Gasteiger partial charge is 0.326 e. The quantitative estimate of drug-likeness (QED) is 0.884. The normalized spacial score (nSPS) is 15.2. The summed E-state index contributed by atoms with van der Waals surface area (Å²) < 4.78 is 33.4. The molecule has 0 atom stereocenters. The second kappa shape index (κ2) is 7.06. The number of allylic oxidation sites excluding steroid dienone is 1. The van der Waals surface area contributed by atoms with Crippen molar-refractivity contribution in [3.63, 3.8) is 0 Å². The van der Waals surface area contributed by atoms with Gasteiger partial charge in [0.25, 0.3) is 5.91 Å². The van der Waals surface area contributed by atoms with E-state index in [4.69, 9.17) is 4.74 Å². The first-order valence-electron chi connectivity index (χ1n) is 6.82. The summed E-state index contributed by atoms with van der Waals surface area (Å²) in [4.78, 5) is 12.5. The molecule has 1 aromatic carbocycles. The van der Waals surface area contributed by atoms with Crippen LogP contribution in [-0.4, -0.2) is 33.2 Å². The van der Waals surface area contributed by atoms with Crippen molar-refractivity contribution in [1.29, 1.82) is 0 Å². The number of para-hydroxylation sites is 1. The van der Waals surface area contributed by atoms with Gasteiger partial charge in [0, 0.05) is 12.3 Å². The van der Waals surface area contributed by atoms with Gasteiger partial charge in [-0.15, -0.1) is 11.8 Å². The van der Waals surface area contributed by atoms with Crippen molar-refractivity contribution in [2.24, 2.45) is 0 Å². The number of amides is 1. The lowest BCUT2D eigenvalue weighted by Gasteiger charge is -2.24. The van der Waals surface area contributed by atoms with E-state index in [1.807, 2.05) is 0 Å². The maximum Gasteiger partial charge on any atom is 0.326 e. The number of thioether (sulfide) groups is 1. The SMILES string of the molecule is CCN(c1ccccc1)S(=O)(=O)NC(=O)C1=C(C)OCCS1. The van der Waals surface area contributed by atoms with Crippen molar-refractivity contribution in [3.05, 3.63) is 41.0 Å². The van der Waals surface area contributed by atoms with Crippen LogP contribution < -0.4 is 9.03 Å². The molecule has 0 spiro atoms. The highest BCUT2D eigenvalue weighted by Gasteiger charge is 2.27. The van der Waals surface area contributed by atoms with Crippen molar-refractivity contribution < 1.29 is 17.9 Å². The van der Waals surface area contributed by atoms with Crippen molar-refractivity contribution in [3.8, 4) is 0 Å². The molecule has 6 nitrogen and oxygen atoms in total. The summed E-state index contributed by atoms with van der Waals surface area (Å²) in [5.41, 5.74) is 0.503. The number of anilines is 1. The van der Waals surface area contributed by atoms with Crippen molar-refractivity contribution >= 4 is 33.6 Å². The third-order valence-electron chi connectivity index (χ3n) is 3.02. The Bertz CT molecular complexity index is 671. The molecular formula is C14H18N2O4S2. The van der Waals surface area contributed by atoms with Crippen LogP contribution in [0.1, 0.15) is 13.8 Å². The molecule has 1 aliphatic rings. The number of rotatable bonds is 5.